The molecule has 1 aliphatic heterocycles. The van der Waals surface area contributed by atoms with Crippen LogP contribution in [0.25, 0.3) is 0 Å². The van der Waals surface area contributed by atoms with E-state index in [0.717, 1.165) is 25.9 Å². The SMILES string of the molecule is CCC1OCCCC1C(=O)Nc1cc(OC)ncn1. The molecule has 6 nitrogen and oxygen atoms in total. The summed E-state index contributed by atoms with van der Waals surface area (Å²) in [6.45, 7) is 2.77. The van der Waals surface area contributed by atoms with Crippen LogP contribution in [-0.2, 0) is 9.53 Å². The van der Waals surface area contributed by atoms with Crippen LogP contribution in [-0.4, -0.2) is 35.7 Å². The van der Waals surface area contributed by atoms with Crippen molar-refractivity contribution in [2.24, 2.45) is 5.92 Å². The molecular weight excluding hydrogens is 246 g/mol. The lowest BCUT2D eigenvalue weighted by molar-refractivity contribution is -0.129. The number of ether oxygens (including phenoxy) is 2. The molecule has 0 radical (unpaired) electrons. The minimum Gasteiger partial charge on any atom is -0.481 e. The van der Waals surface area contributed by atoms with Gasteiger partial charge in [0.25, 0.3) is 0 Å². The van der Waals surface area contributed by atoms with Gasteiger partial charge in [-0.1, -0.05) is 6.92 Å². The van der Waals surface area contributed by atoms with E-state index in [1.165, 1.54) is 13.4 Å². The molecule has 1 aromatic heterocycles. The maximum absolute atomic E-state index is 12.2. The smallest absolute Gasteiger partial charge is 0.231 e. The Hall–Kier alpha value is -1.69. The molecule has 19 heavy (non-hydrogen) atoms. The molecule has 1 amide bonds. The van der Waals surface area contributed by atoms with Gasteiger partial charge < -0.3 is 14.8 Å². The first-order valence-corrected chi connectivity index (χ1v) is 6.53. The third kappa shape index (κ3) is 3.41. The Kier molecular flexibility index (Phi) is 4.68. The summed E-state index contributed by atoms with van der Waals surface area (Å²) in [7, 11) is 1.52. The van der Waals surface area contributed by atoms with Gasteiger partial charge in [-0.05, 0) is 19.3 Å². The van der Waals surface area contributed by atoms with Gasteiger partial charge in [0.1, 0.15) is 12.1 Å². The predicted octanol–water partition coefficient (Wildman–Crippen LogP) is 1.63. The molecule has 1 fully saturated rings. The average Bonchev–Trinajstić information content (AvgIpc) is 2.47. The molecule has 1 aromatic rings. The van der Waals surface area contributed by atoms with E-state index < -0.39 is 0 Å². The quantitative estimate of drug-likeness (QED) is 0.895. The van der Waals surface area contributed by atoms with Gasteiger partial charge in [0.2, 0.25) is 11.8 Å². The first-order valence-electron chi connectivity index (χ1n) is 6.53. The second-order valence-corrected chi connectivity index (χ2v) is 4.50. The average molecular weight is 265 g/mol. The highest BCUT2D eigenvalue weighted by Crippen LogP contribution is 2.24. The van der Waals surface area contributed by atoms with Crippen LogP contribution in [0.1, 0.15) is 26.2 Å². The number of carbonyl (C=O) groups is 1. The Morgan fingerprint density at radius 1 is 1.58 bits per heavy atom. The highest BCUT2D eigenvalue weighted by molar-refractivity contribution is 5.92. The van der Waals surface area contributed by atoms with Crippen LogP contribution in [0.15, 0.2) is 12.4 Å². The Labute approximate surface area is 112 Å². The molecule has 6 heteroatoms. The minimum atomic E-state index is -0.111. The standard InChI is InChI=1S/C13H19N3O3/c1-3-10-9(5-4-6-19-10)13(17)16-11-7-12(18-2)15-8-14-11/h7-10H,3-6H2,1-2H3,(H,14,15,16,17). The van der Waals surface area contributed by atoms with Crippen molar-refractivity contribution in [2.75, 3.05) is 19.0 Å². The van der Waals surface area contributed by atoms with Crippen LogP contribution >= 0.6 is 0 Å². The number of anilines is 1. The number of nitrogens with zero attached hydrogens (tertiary/aromatic N) is 2. The molecule has 0 spiro atoms. The summed E-state index contributed by atoms with van der Waals surface area (Å²) in [5.74, 6) is 0.724. The lowest BCUT2D eigenvalue weighted by Gasteiger charge is -2.29. The van der Waals surface area contributed by atoms with Crippen molar-refractivity contribution in [3.8, 4) is 5.88 Å². The van der Waals surface area contributed by atoms with Gasteiger partial charge in [0.05, 0.1) is 19.1 Å². The summed E-state index contributed by atoms with van der Waals surface area (Å²) in [5.41, 5.74) is 0. The van der Waals surface area contributed by atoms with Gasteiger partial charge in [0.15, 0.2) is 0 Å². The molecule has 0 aromatic carbocycles. The fourth-order valence-corrected chi connectivity index (χ4v) is 2.28. The Balaban J connectivity index is 2.02. The molecule has 2 unspecified atom stereocenters. The van der Waals surface area contributed by atoms with Crippen LogP contribution in [0.4, 0.5) is 5.82 Å². The molecule has 0 saturated carbocycles. The largest absolute Gasteiger partial charge is 0.481 e. The van der Waals surface area contributed by atoms with E-state index in [-0.39, 0.29) is 17.9 Å². The minimum absolute atomic E-state index is 0.00233. The number of amides is 1. The van der Waals surface area contributed by atoms with E-state index in [1.807, 2.05) is 6.92 Å². The molecule has 2 atom stereocenters. The molecule has 2 heterocycles. The molecule has 1 aliphatic rings. The number of nitrogens with one attached hydrogen (secondary N) is 1. The van der Waals surface area contributed by atoms with Crippen LogP contribution < -0.4 is 10.1 Å². The topological polar surface area (TPSA) is 73.3 Å². The second-order valence-electron chi connectivity index (χ2n) is 4.50. The van der Waals surface area contributed by atoms with Gasteiger partial charge in [-0.3, -0.25) is 4.79 Å². The van der Waals surface area contributed by atoms with Crippen LogP contribution in [0.3, 0.4) is 0 Å². The van der Waals surface area contributed by atoms with Crippen molar-refractivity contribution < 1.29 is 14.3 Å². The summed E-state index contributed by atoms with van der Waals surface area (Å²) >= 11 is 0. The third-order valence-corrected chi connectivity index (χ3v) is 3.28. The lowest BCUT2D eigenvalue weighted by atomic mass is 9.92. The first-order chi connectivity index (χ1) is 9.24. The Morgan fingerprint density at radius 2 is 2.42 bits per heavy atom. The summed E-state index contributed by atoms with van der Waals surface area (Å²) in [5, 5.41) is 2.80. The number of carbonyl (C=O) groups excluding carboxylic acids is 1. The zero-order chi connectivity index (χ0) is 13.7. The molecule has 104 valence electrons. The van der Waals surface area contributed by atoms with E-state index in [0.29, 0.717) is 11.7 Å². The number of rotatable bonds is 4. The predicted molar refractivity (Wildman–Crippen MR) is 70.0 cm³/mol. The summed E-state index contributed by atoms with van der Waals surface area (Å²) in [6, 6.07) is 1.60. The number of aromatic nitrogens is 2. The van der Waals surface area contributed by atoms with E-state index in [4.69, 9.17) is 9.47 Å². The summed E-state index contributed by atoms with van der Waals surface area (Å²) in [6.07, 6.45) is 3.97. The molecule has 1 N–H and O–H groups in total. The van der Waals surface area contributed by atoms with E-state index in [2.05, 4.69) is 15.3 Å². The zero-order valence-electron chi connectivity index (χ0n) is 11.3. The molecule has 0 aliphatic carbocycles. The Bertz CT molecular complexity index is 439. The molecular formula is C13H19N3O3. The van der Waals surface area contributed by atoms with Crippen LogP contribution in [0.5, 0.6) is 5.88 Å². The fraction of sp³-hybridized carbons (Fsp3) is 0.615. The second kappa shape index (κ2) is 6.47. The number of hydrogen-bond acceptors (Lipinski definition) is 5. The van der Waals surface area contributed by atoms with Crippen molar-refractivity contribution in [1.29, 1.82) is 0 Å². The van der Waals surface area contributed by atoms with Crippen molar-refractivity contribution >= 4 is 11.7 Å². The van der Waals surface area contributed by atoms with E-state index in [9.17, 15) is 4.79 Å². The highest BCUT2D eigenvalue weighted by atomic mass is 16.5. The van der Waals surface area contributed by atoms with E-state index >= 15 is 0 Å². The van der Waals surface area contributed by atoms with Crippen molar-refractivity contribution in [2.45, 2.75) is 32.3 Å². The zero-order valence-corrected chi connectivity index (χ0v) is 11.3. The van der Waals surface area contributed by atoms with Gasteiger partial charge in [-0.2, -0.15) is 0 Å². The molecule has 2 rings (SSSR count). The normalized spacial score (nSPS) is 22.8. The third-order valence-electron chi connectivity index (χ3n) is 3.28. The summed E-state index contributed by atoms with van der Waals surface area (Å²) in [4.78, 5) is 20.2. The van der Waals surface area contributed by atoms with Crippen molar-refractivity contribution in [3.63, 3.8) is 0 Å². The van der Waals surface area contributed by atoms with Gasteiger partial charge in [-0.25, -0.2) is 9.97 Å². The number of methoxy groups -OCH3 is 1. The van der Waals surface area contributed by atoms with E-state index in [1.54, 1.807) is 6.07 Å². The lowest BCUT2D eigenvalue weighted by Crippen LogP contribution is -2.38. The fourth-order valence-electron chi connectivity index (χ4n) is 2.28. The highest BCUT2D eigenvalue weighted by Gasteiger charge is 2.30. The molecule has 0 bridgehead atoms. The van der Waals surface area contributed by atoms with Crippen molar-refractivity contribution in [3.05, 3.63) is 12.4 Å². The first kappa shape index (κ1) is 13.7. The van der Waals surface area contributed by atoms with Crippen LogP contribution in [0, 0.1) is 5.92 Å². The van der Waals surface area contributed by atoms with Crippen molar-refractivity contribution in [1.82, 2.24) is 9.97 Å². The maximum Gasteiger partial charge on any atom is 0.231 e. The van der Waals surface area contributed by atoms with Gasteiger partial charge in [-0.15, -0.1) is 0 Å². The van der Waals surface area contributed by atoms with Gasteiger partial charge in [0, 0.05) is 12.7 Å². The number of hydrogen-bond donors (Lipinski definition) is 1. The molecule has 1 saturated heterocycles. The Morgan fingerprint density at radius 3 is 3.16 bits per heavy atom. The van der Waals surface area contributed by atoms with Crippen LogP contribution in [0.2, 0.25) is 0 Å². The monoisotopic (exact) mass is 265 g/mol. The summed E-state index contributed by atoms with van der Waals surface area (Å²) < 4.78 is 10.6. The van der Waals surface area contributed by atoms with Gasteiger partial charge >= 0.3 is 0 Å². The maximum atomic E-state index is 12.2.